The van der Waals surface area contributed by atoms with Gasteiger partial charge in [0.2, 0.25) is 0 Å². The van der Waals surface area contributed by atoms with E-state index in [0.29, 0.717) is 36.5 Å². The zero-order valence-corrected chi connectivity index (χ0v) is 26.1. The van der Waals surface area contributed by atoms with E-state index in [-0.39, 0.29) is 19.1 Å². The van der Waals surface area contributed by atoms with Gasteiger partial charge in [0.1, 0.15) is 0 Å². The molecule has 4 rings (SSSR count). The number of esters is 1. The summed E-state index contributed by atoms with van der Waals surface area (Å²) >= 11 is 1.57. The van der Waals surface area contributed by atoms with E-state index in [9.17, 15) is 4.79 Å². The number of pyridine rings is 1. The fourth-order valence-electron chi connectivity index (χ4n) is 5.62. The standard InChI is InChI=1S/C27H45N5O2S.2ClH.Mn/c1-2-3-14-34-27(33)19-35-22-15-20-17-30-25-10-6-4-8-23(25)28-12-13-29-24-9-5-7-11-26(24)31-18-21(16-22)32-20;;;/h15-16,23-26,28-31H,2-14,17-19H2,1H3;2*1H;/q;;;+2/p-2/t23-,24-,25-,26-;;;/m1.../s1. The second-order valence-corrected chi connectivity index (χ2v) is 13.4. The first-order chi connectivity index (χ1) is 18.6. The van der Waals surface area contributed by atoms with Crippen LogP contribution < -0.4 is 21.3 Å². The van der Waals surface area contributed by atoms with Crippen molar-refractivity contribution in [3.05, 3.63) is 23.5 Å². The third kappa shape index (κ3) is 11.8. The molecule has 0 saturated heterocycles. The van der Waals surface area contributed by atoms with Gasteiger partial charge in [0.25, 0.3) is 0 Å². The summed E-state index contributed by atoms with van der Waals surface area (Å²) in [5, 5.41) is 15.3. The van der Waals surface area contributed by atoms with Crippen LogP contribution >= 0.6 is 32.0 Å². The van der Waals surface area contributed by atoms with Crippen LogP contribution in [0.4, 0.5) is 0 Å². The summed E-state index contributed by atoms with van der Waals surface area (Å²) in [6, 6.07) is 6.29. The van der Waals surface area contributed by atoms with Crippen molar-refractivity contribution in [2.75, 3.05) is 25.4 Å². The Hall–Kier alpha value is -0.0905. The van der Waals surface area contributed by atoms with Gasteiger partial charge < -0.3 is 26.0 Å². The number of hydrogen-bond acceptors (Lipinski definition) is 8. The maximum absolute atomic E-state index is 12.2. The fraction of sp³-hybridized carbons (Fsp3) is 0.778. The number of nitrogens with one attached hydrogen (secondary N) is 4. The van der Waals surface area contributed by atoms with E-state index in [2.05, 4.69) is 40.3 Å². The van der Waals surface area contributed by atoms with Crippen LogP contribution in [0, 0.1) is 0 Å². The van der Waals surface area contributed by atoms with Gasteiger partial charge in [0.05, 0.1) is 23.7 Å². The Morgan fingerprint density at radius 1 is 0.921 bits per heavy atom. The van der Waals surface area contributed by atoms with E-state index in [1.807, 2.05) is 0 Å². The molecule has 11 heteroatoms. The van der Waals surface area contributed by atoms with E-state index < -0.39 is 0 Å². The SMILES string of the molecule is CCCCOC(=O)CSc1cc2nc(c1)CN[C@@H]1CCCC[C@H]1NCCN[C@@H]1CCCC[C@H]1NC2.[Cl][Mn][Cl]. The van der Waals surface area contributed by atoms with Gasteiger partial charge in [-0.25, -0.2) is 0 Å². The molecule has 38 heavy (non-hydrogen) atoms. The molecule has 1 aromatic rings. The molecule has 1 aromatic heterocycles. The first kappa shape index (κ1) is 32.4. The number of ether oxygens (including phenoxy) is 1. The number of carbonyl (C=O) groups is 1. The van der Waals surface area contributed by atoms with Crippen LogP contribution in [0.3, 0.4) is 0 Å². The van der Waals surface area contributed by atoms with Crippen LogP contribution in [0.15, 0.2) is 17.0 Å². The molecule has 2 saturated carbocycles. The molecule has 0 radical (unpaired) electrons. The van der Waals surface area contributed by atoms with Gasteiger partial charge >= 0.3 is 39.3 Å². The van der Waals surface area contributed by atoms with Gasteiger partial charge in [0.15, 0.2) is 0 Å². The number of fused-ring (bicyclic) bond motifs is 4. The van der Waals surface area contributed by atoms with Crippen LogP contribution in [-0.4, -0.2) is 60.6 Å². The number of rotatable bonds is 6. The number of hydrogen-bond donors (Lipinski definition) is 4. The molecule has 0 amide bonds. The van der Waals surface area contributed by atoms with Crippen molar-refractivity contribution in [3.63, 3.8) is 0 Å². The predicted octanol–water partition coefficient (Wildman–Crippen LogP) is 4.89. The molecule has 3 aliphatic rings. The van der Waals surface area contributed by atoms with Gasteiger partial charge in [-0.2, -0.15) is 0 Å². The molecule has 2 fully saturated rings. The normalized spacial score (nSPS) is 26.4. The molecule has 4 atom stereocenters. The number of nitrogens with zero attached hydrogens (tertiary/aromatic N) is 1. The van der Waals surface area contributed by atoms with Gasteiger partial charge in [-0.1, -0.05) is 39.0 Å². The van der Waals surface area contributed by atoms with E-state index >= 15 is 0 Å². The minimum atomic E-state index is -0.134. The summed E-state index contributed by atoms with van der Waals surface area (Å²) in [6.45, 7) is 6.18. The second kappa shape index (κ2) is 19.1. The average molecular weight is 630 g/mol. The fourth-order valence-corrected chi connectivity index (χ4v) is 6.43. The van der Waals surface area contributed by atoms with Crippen LogP contribution in [0.2, 0.25) is 0 Å². The second-order valence-electron chi connectivity index (χ2n) is 10.4. The van der Waals surface area contributed by atoms with Gasteiger partial charge in [0, 0.05) is 55.2 Å². The number of halogens is 2. The molecule has 0 spiro atoms. The molecule has 2 aliphatic carbocycles. The summed E-state index contributed by atoms with van der Waals surface area (Å²) in [5.74, 6) is 0.210. The van der Waals surface area contributed by atoms with E-state index in [0.717, 1.165) is 55.3 Å². The molecule has 2 bridgehead atoms. The first-order valence-corrected chi connectivity index (χ1v) is 18.4. The summed E-state index contributed by atoms with van der Waals surface area (Å²) in [6.07, 6.45) is 12.0. The van der Waals surface area contributed by atoms with Crippen molar-refractivity contribution in [2.45, 2.75) is 113 Å². The van der Waals surface area contributed by atoms with E-state index in [1.165, 1.54) is 51.4 Å². The van der Waals surface area contributed by atoms with Crippen molar-refractivity contribution in [1.29, 1.82) is 0 Å². The predicted molar refractivity (Wildman–Crippen MR) is 154 cm³/mol. The Labute approximate surface area is 248 Å². The van der Waals surface area contributed by atoms with Crippen LogP contribution in [-0.2, 0) is 35.8 Å². The number of thioether (sulfide) groups is 1. The Morgan fingerprint density at radius 2 is 1.39 bits per heavy atom. The molecular weight excluding hydrogens is 584 g/mol. The first-order valence-electron chi connectivity index (χ1n) is 14.2. The summed E-state index contributed by atoms with van der Waals surface area (Å²) in [7, 11) is 9.59. The quantitative estimate of drug-likeness (QED) is 0.153. The van der Waals surface area contributed by atoms with Gasteiger partial charge in [-0.15, -0.1) is 11.8 Å². The van der Waals surface area contributed by atoms with Crippen LogP contribution in [0.5, 0.6) is 0 Å². The molecule has 0 unspecified atom stereocenters. The monoisotopic (exact) mass is 628 g/mol. The Bertz CT molecular complexity index is 779. The number of carbonyl (C=O) groups excluding carboxylic acids is 1. The third-order valence-corrected chi connectivity index (χ3v) is 8.53. The molecule has 2 heterocycles. The van der Waals surface area contributed by atoms with Crippen molar-refractivity contribution in [1.82, 2.24) is 26.3 Å². The Morgan fingerprint density at radius 3 is 1.87 bits per heavy atom. The summed E-state index contributed by atoms with van der Waals surface area (Å²) < 4.78 is 5.36. The molecule has 1 aliphatic heterocycles. The molecule has 217 valence electrons. The zero-order chi connectivity index (χ0) is 27.0. The van der Waals surface area contributed by atoms with E-state index in [4.69, 9.17) is 29.9 Å². The van der Waals surface area contributed by atoms with Gasteiger partial charge in [-0.3, -0.25) is 9.78 Å². The summed E-state index contributed by atoms with van der Waals surface area (Å²) in [4.78, 5) is 18.3. The van der Waals surface area contributed by atoms with Crippen LogP contribution in [0.1, 0.15) is 82.5 Å². The average Bonchev–Trinajstić information content (AvgIpc) is 2.93. The Balaban J connectivity index is 0.00000127. The van der Waals surface area contributed by atoms with Crippen molar-refractivity contribution in [3.8, 4) is 0 Å². The van der Waals surface area contributed by atoms with Crippen LogP contribution in [0.25, 0.3) is 0 Å². The zero-order valence-electron chi connectivity index (χ0n) is 22.6. The summed E-state index contributed by atoms with van der Waals surface area (Å²) in [5.41, 5.74) is 2.12. The maximum atomic E-state index is 12.2. The molecule has 4 N–H and O–H groups in total. The van der Waals surface area contributed by atoms with Crippen molar-refractivity contribution < 1.29 is 22.7 Å². The minimum absolute atomic E-state index is 0.00694. The van der Waals surface area contributed by atoms with E-state index in [1.54, 1.807) is 11.8 Å². The molecular formula is C27H45Cl2MnN5O2S. The third-order valence-electron chi connectivity index (χ3n) is 7.58. The van der Waals surface area contributed by atoms with Crippen molar-refractivity contribution >= 4 is 37.9 Å². The molecule has 7 nitrogen and oxygen atoms in total. The number of unbranched alkanes of at least 4 members (excludes halogenated alkanes) is 1. The van der Waals surface area contributed by atoms with Gasteiger partial charge in [-0.05, 0) is 44.2 Å². The topological polar surface area (TPSA) is 87.3 Å². The Kier molecular flexibility index (Phi) is 16.3. The number of aromatic nitrogens is 1. The molecule has 0 aromatic carbocycles. The van der Waals surface area contributed by atoms with Crippen molar-refractivity contribution in [2.24, 2.45) is 0 Å².